The fourth-order valence-corrected chi connectivity index (χ4v) is 3.90. The number of para-hydroxylation sites is 2. The highest BCUT2D eigenvalue weighted by atomic mass is 35.5. The van der Waals surface area contributed by atoms with Crippen LogP contribution < -0.4 is 0 Å². The third-order valence-corrected chi connectivity index (χ3v) is 5.20. The van der Waals surface area contributed by atoms with Crippen molar-refractivity contribution in [2.24, 2.45) is 0 Å². The van der Waals surface area contributed by atoms with Gasteiger partial charge in [-0.05, 0) is 31.0 Å². The molecule has 2 aromatic heterocycles. The maximum Gasteiger partial charge on any atom is 0.270 e. The number of likely N-dealkylation sites (tertiary alicyclic amines) is 1. The van der Waals surface area contributed by atoms with Gasteiger partial charge in [-0.25, -0.2) is 4.98 Å². The number of nitrogens with one attached hydrogen (secondary N) is 1. The third kappa shape index (κ3) is 2.93. The Labute approximate surface area is 151 Å². The van der Waals surface area contributed by atoms with Gasteiger partial charge in [0.15, 0.2) is 0 Å². The molecule has 5 nitrogen and oxygen atoms in total. The Kier molecular flexibility index (Phi) is 4.25. The fraction of sp³-hybridized carbons (Fsp3) is 0.368. The van der Waals surface area contributed by atoms with Gasteiger partial charge in [-0.1, -0.05) is 30.7 Å². The molecule has 1 aromatic carbocycles. The Hall–Kier alpha value is -2.27. The van der Waals surface area contributed by atoms with E-state index in [9.17, 15) is 4.79 Å². The lowest BCUT2D eigenvalue weighted by molar-refractivity contribution is 0.0690. The Bertz CT molecular complexity index is 905. The van der Waals surface area contributed by atoms with Crippen molar-refractivity contribution >= 4 is 28.5 Å². The van der Waals surface area contributed by atoms with Crippen LogP contribution in [0.3, 0.4) is 0 Å². The minimum Gasteiger partial charge on any atom is -0.356 e. The first kappa shape index (κ1) is 16.2. The van der Waals surface area contributed by atoms with Crippen LogP contribution in [0.5, 0.6) is 0 Å². The molecule has 25 heavy (non-hydrogen) atoms. The van der Waals surface area contributed by atoms with Crippen molar-refractivity contribution in [2.75, 3.05) is 13.1 Å². The van der Waals surface area contributed by atoms with Gasteiger partial charge >= 0.3 is 0 Å². The predicted octanol–water partition coefficient (Wildman–Crippen LogP) is 4.06. The zero-order chi connectivity index (χ0) is 17.4. The number of piperidine rings is 1. The van der Waals surface area contributed by atoms with Crippen LogP contribution in [0.25, 0.3) is 11.0 Å². The lowest BCUT2D eigenvalue weighted by atomic mass is 10.0. The Morgan fingerprint density at radius 2 is 2.08 bits per heavy atom. The summed E-state index contributed by atoms with van der Waals surface area (Å²) in [6, 6.07) is 10.4. The van der Waals surface area contributed by atoms with Gasteiger partial charge in [0.25, 0.3) is 5.91 Å². The van der Waals surface area contributed by atoms with Crippen LogP contribution in [0.15, 0.2) is 36.5 Å². The van der Waals surface area contributed by atoms with Crippen molar-refractivity contribution in [2.45, 2.75) is 32.2 Å². The zero-order valence-electron chi connectivity index (χ0n) is 14.2. The van der Waals surface area contributed by atoms with E-state index < -0.39 is 0 Å². The second kappa shape index (κ2) is 6.56. The summed E-state index contributed by atoms with van der Waals surface area (Å²) in [4.78, 5) is 22.2. The van der Waals surface area contributed by atoms with Crippen LogP contribution in [-0.4, -0.2) is 38.4 Å². The second-order valence-corrected chi connectivity index (χ2v) is 6.93. The lowest BCUT2D eigenvalue weighted by Crippen LogP contribution is -2.39. The molecule has 3 heterocycles. The van der Waals surface area contributed by atoms with E-state index in [1.807, 2.05) is 11.0 Å². The van der Waals surface area contributed by atoms with Crippen molar-refractivity contribution in [1.82, 2.24) is 19.4 Å². The van der Waals surface area contributed by atoms with Crippen LogP contribution in [0, 0.1) is 0 Å². The highest BCUT2D eigenvalue weighted by molar-refractivity contribution is 6.30. The average Bonchev–Trinajstić information content (AvgIpc) is 3.24. The van der Waals surface area contributed by atoms with E-state index in [0.717, 1.165) is 43.7 Å². The molecule has 0 aliphatic carbocycles. The molecule has 0 unspecified atom stereocenters. The van der Waals surface area contributed by atoms with E-state index in [-0.39, 0.29) is 5.91 Å². The number of hydrogen-bond donors (Lipinski definition) is 1. The molecule has 0 radical (unpaired) electrons. The quantitative estimate of drug-likeness (QED) is 0.769. The summed E-state index contributed by atoms with van der Waals surface area (Å²) < 4.78 is 2.38. The number of aromatic nitrogens is 3. The van der Waals surface area contributed by atoms with Gasteiger partial charge in [-0.3, -0.25) is 4.79 Å². The van der Waals surface area contributed by atoms with Crippen molar-refractivity contribution in [3.8, 4) is 0 Å². The summed E-state index contributed by atoms with van der Waals surface area (Å²) in [6.07, 6.45) is 4.43. The summed E-state index contributed by atoms with van der Waals surface area (Å²) in [5, 5.41) is 0.565. The smallest absolute Gasteiger partial charge is 0.270 e. The van der Waals surface area contributed by atoms with Crippen molar-refractivity contribution in [3.63, 3.8) is 0 Å². The first-order chi connectivity index (χ1) is 12.2. The monoisotopic (exact) mass is 356 g/mol. The number of aromatic amines is 1. The van der Waals surface area contributed by atoms with Gasteiger partial charge in [0, 0.05) is 31.7 Å². The van der Waals surface area contributed by atoms with Crippen LogP contribution in [0.1, 0.15) is 42.1 Å². The molecule has 1 saturated heterocycles. The van der Waals surface area contributed by atoms with Gasteiger partial charge in [0.1, 0.15) is 11.5 Å². The van der Waals surface area contributed by atoms with E-state index in [1.165, 1.54) is 5.52 Å². The van der Waals surface area contributed by atoms with E-state index in [4.69, 9.17) is 16.6 Å². The van der Waals surface area contributed by atoms with Crippen molar-refractivity contribution in [1.29, 1.82) is 0 Å². The van der Waals surface area contributed by atoms with Crippen LogP contribution in [0.2, 0.25) is 5.02 Å². The SMILES string of the molecule is CCc1nc2ccccc2n1C1CCN(C(=O)c2cc(Cl)c[nH]2)CC1. The summed E-state index contributed by atoms with van der Waals surface area (Å²) in [5.74, 6) is 1.15. The molecule has 0 atom stereocenters. The first-order valence-corrected chi connectivity index (χ1v) is 9.14. The maximum absolute atomic E-state index is 12.6. The largest absolute Gasteiger partial charge is 0.356 e. The standard InChI is InChI=1S/C19H21ClN4O/c1-2-18-22-15-5-3-4-6-17(15)24(18)14-7-9-23(10-8-14)19(25)16-11-13(20)12-21-16/h3-6,11-12,14,21H,2,7-10H2,1H3. The zero-order valence-corrected chi connectivity index (χ0v) is 15.0. The number of amides is 1. The van der Waals surface area contributed by atoms with Gasteiger partial charge < -0.3 is 14.5 Å². The average molecular weight is 357 g/mol. The number of fused-ring (bicyclic) bond motifs is 1. The normalized spacial score (nSPS) is 15.8. The summed E-state index contributed by atoms with van der Waals surface area (Å²) in [6.45, 7) is 3.64. The molecule has 1 aliphatic heterocycles. The number of imidazole rings is 1. The van der Waals surface area contributed by atoms with Crippen LogP contribution >= 0.6 is 11.6 Å². The number of benzene rings is 1. The molecule has 1 aliphatic rings. The van der Waals surface area contributed by atoms with Gasteiger partial charge in [0.05, 0.1) is 16.1 Å². The number of rotatable bonds is 3. The first-order valence-electron chi connectivity index (χ1n) is 8.76. The van der Waals surface area contributed by atoms with E-state index in [0.29, 0.717) is 16.8 Å². The molecular formula is C19H21ClN4O. The molecule has 4 rings (SSSR count). The number of H-pyrrole nitrogens is 1. The Morgan fingerprint density at radius 3 is 2.76 bits per heavy atom. The molecule has 0 bridgehead atoms. The maximum atomic E-state index is 12.6. The number of hydrogen-bond acceptors (Lipinski definition) is 2. The third-order valence-electron chi connectivity index (χ3n) is 4.98. The van der Waals surface area contributed by atoms with Crippen LogP contribution in [0.4, 0.5) is 0 Å². The molecule has 0 spiro atoms. The molecule has 3 aromatic rings. The highest BCUT2D eigenvalue weighted by Crippen LogP contribution is 2.29. The van der Waals surface area contributed by atoms with Crippen molar-refractivity contribution < 1.29 is 4.79 Å². The minimum atomic E-state index is 0.0246. The molecule has 1 fully saturated rings. The fourth-order valence-electron chi connectivity index (χ4n) is 3.74. The molecule has 1 amide bonds. The number of carbonyl (C=O) groups is 1. The van der Waals surface area contributed by atoms with E-state index >= 15 is 0 Å². The second-order valence-electron chi connectivity index (χ2n) is 6.50. The highest BCUT2D eigenvalue weighted by Gasteiger charge is 2.27. The molecular weight excluding hydrogens is 336 g/mol. The number of aryl methyl sites for hydroxylation is 1. The van der Waals surface area contributed by atoms with Gasteiger partial charge in [-0.15, -0.1) is 0 Å². The molecule has 130 valence electrons. The molecule has 0 saturated carbocycles. The van der Waals surface area contributed by atoms with Gasteiger partial charge in [0.2, 0.25) is 0 Å². The lowest BCUT2D eigenvalue weighted by Gasteiger charge is -2.33. The predicted molar refractivity (Wildman–Crippen MR) is 99.1 cm³/mol. The molecule has 6 heteroatoms. The number of carbonyl (C=O) groups excluding carboxylic acids is 1. The van der Waals surface area contributed by atoms with Crippen molar-refractivity contribution in [3.05, 3.63) is 53.1 Å². The van der Waals surface area contributed by atoms with Crippen LogP contribution in [-0.2, 0) is 6.42 Å². The Morgan fingerprint density at radius 1 is 1.32 bits per heavy atom. The summed E-state index contributed by atoms with van der Waals surface area (Å²) in [5.41, 5.74) is 2.81. The minimum absolute atomic E-state index is 0.0246. The number of nitrogens with zero attached hydrogens (tertiary/aromatic N) is 3. The summed E-state index contributed by atoms with van der Waals surface area (Å²) in [7, 11) is 0. The number of halogens is 1. The van der Waals surface area contributed by atoms with Gasteiger partial charge in [-0.2, -0.15) is 0 Å². The van der Waals surface area contributed by atoms with E-state index in [1.54, 1.807) is 12.3 Å². The Balaban J connectivity index is 1.53. The topological polar surface area (TPSA) is 53.9 Å². The van der Waals surface area contributed by atoms with E-state index in [2.05, 4.69) is 34.7 Å². The molecule has 1 N–H and O–H groups in total. The summed E-state index contributed by atoms with van der Waals surface area (Å²) >= 11 is 5.91.